The van der Waals surface area contributed by atoms with Gasteiger partial charge in [0.2, 0.25) is 0 Å². The van der Waals surface area contributed by atoms with Crippen molar-refractivity contribution < 1.29 is 4.74 Å². The van der Waals surface area contributed by atoms with Gasteiger partial charge in [0.05, 0.1) is 0 Å². The molecule has 0 aliphatic rings. The van der Waals surface area contributed by atoms with Gasteiger partial charge in [0.25, 0.3) is 0 Å². The summed E-state index contributed by atoms with van der Waals surface area (Å²) in [5.74, 6) is 0.895. The van der Waals surface area contributed by atoms with Crippen LogP contribution < -0.4 is 10.5 Å². The smallest absolute Gasteiger partial charge is 0.145 e. The van der Waals surface area contributed by atoms with Crippen molar-refractivity contribution in [3.05, 3.63) is 51.7 Å². The Balaban J connectivity index is 2.00. The number of hydrogen-bond acceptors (Lipinski definition) is 3. The van der Waals surface area contributed by atoms with Gasteiger partial charge in [0.15, 0.2) is 0 Å². The van der Waals surface area contributed by atoms with Crippen LogP contribution in [0, 0.1) is 6.92 Å². The predicted octanol–water partition coefficient (Wildman–Crippen LogP) is 4.48. The van der Waals surface area contributed by atoms with E-state index in [0.717, 1.165) is 12.2 Å². The highest BCUT2D eigenvalue weighted by Crippen LogP contribution is 2.27. The van der Waals surface area contributed by atoms with Crippen molar-refractivity contribution in [3.63, 3.8) is 0 Å². The van der Waals surface area contributed by atoms with Crippen molar-refractivity contribution >= 4 is 11.3 Å². The highest BCUT2D eigenvalue weighted by atomic mass is 32.1. The van der Waals surface area contributed by atoms with E-state index in [0.29, 0.717) is 6.54 Å². The Labute approximate surface area is 125 Å². The van der Waals surface area contributed by atoms with Crippen LogP contribution in [0.4, 0.5) is 0 Å². The summed E-state index contributed by atoms with van der Waals surface area (Å²) in [6, 6.07) is 12.6. The number of hydrogen-bond donors (Lipinski definition) is 1. The van der Waals surface area contributed by atoms with E-state index in [1.807, 2.05) is 12.1 Å². The molecular formula is C17H23NOS. The molecule has 0 spiro atoms. The second kappa shape index (κ2) is 7.46. The Morgan fingerprint density at radius 3 is 2.45 bits per heavy atom. The summed E-state index contributed by atoms with van der Waals surface area (Å²) in [6.07, 6.45) is 3.56. The van der Waals surface area contributed by atoms with Gasteiger partial charge < -0.3 is 10.5 Å². The fourth-order valence-electron chi connectivity index (χ4n) is 2.13. The number of aryl methyl sites for hydroxylation is 2. The van der Waals surface area contributed by atoms with Gasteiger partial charge in [-0.2, -0.15) is 0 Å². The first-order valence-electron chi connectivity index (χ1n) is 7.25. The normalized spacial score (nSPS) is 12.3. The molecule has 0 radical (unpaired) electrons. The van der Waals surface area contributed by atoms with E-state index >= 15 is 0 Å². The Kier molecular flexibility index (Phi) is 5.62. The molecule has 0 aliphatic heterocycles. The number of nitrogens with two attached hydrogens (primary N) is 1. The summed E-state index contributed by atoms with van der Waals surface area (Å²) in [6.45, 7) is 4.81. The lowest BCUT2D eigenvalue weighted by Gasteiger charge is -2.16. The topological polar surface area (TPSA) is 35.2 Å². The average Bonchev–Trinajstić information content (AvgIpc) is 2.90. The third-order valence-corrected chi connectivity index (χ3v) is 4.41. The third kappa shape index (κ3) is 4.09. The highest BCUT2D eigenvalue weighted by molar-refractivity contribution is 7.12. The Bertz CT molecular complexity index is 518. The first-order chi connectivity index (χ1) is 9.72. The van der Waals surface area contributed by atoms with Gasteiger partial charge in [-0.3, -0.25) is 0 Å². The lowest BCUT2D eigenvalue weighted by Crippen LogP contribution is -2.17. The van der Waals surface area contributed by atoms with Crippen LogP contribution in [-0.4, -0.2) is 6.54 Å². The fraction of sp³-hybridized carbons (Fsp3) is 0.412. The van der Waals surface area contributed by atoms with Gasteiger partial charge in [-0.05, 0) is 49.6 Å². The van der Waals surface area contributed by atoms with Crippen LogP contribution in [0.2, 0.25) is 0 Å². The fourth-order valence-corrected chi connectivity index (χ4v) is 3.05. The van der Waals surface area contributed by atoms with E-state index in [1.165, 1.54) is 28.2 Å². The molecular weight excluding hydrogens is 266 g/mol. The molecule has 3 heteroatoms. The molecule has 1 aromatic heterocycles. The highest BCUT2D eigenvalue weighted by Gasteiger charge is 2.13. The second-order valence-corrected chi connectivity index (χ2v) is 6.36. The molecule has 108 valence electrons. The number of thiophene rings is 1. The van der Waals surface area contributed by atoms with Crippen LogP contribution in [0.25, 0.3) is 0 Å². The monoisotopic (exact) mass is 289 g/mol. The van der Waals surface area contributed by atoms with Gasteiger partial charge in [0.1, 0.15) is 11.9 Å². The Morgan fingerprint density at radius 2 is 1.90 bits per heavy atom. The van der Waals surface area contributed by atoms with Crippen LogP contribution in [0.15, 0.2) is 36.4 Å². The Hall–Kier alpha value is -1.32. The molecule has 0 saturated heterocycles. The number of rotatable bonds is 7. The van der Waals surface area contributed by atoms with Crippen molar-refractivity contribution in [1.82, 2.24) is 0 Å². The van der Waals surface area contributed by atoms with E-state index in [4.69, 9.17) is 10.5 Å². The van der Waals surface area contributed by atoms with E-state index in [1.54, 1.807) is 11.3 Å². The van der Waals surface area contributed by atoms with Gasteiger partial charge in [-0.15, -0.1) is 11.3 Å². The maximum absolute atomic E-state index is 6.01. The minimum absolute atomic E-state index is 0.0461. The maximum Gasteiger partial charge on any atom is 0.145 e. The Morgan fingerprint density at radius 1 is 1.15 bits per heavy atom. The maximum atomic E-state index is 6.01. The first kappa shape index (κ1) is 15.1. The average molecular weight is 289 g/mol. The van der Waals surface area contributed by atoms with Gasteiger partial charge >= 0.3 is 0 Å². The van der Waals surface area contributed by atoms with Crippen molar-refractivity contribution in [2.75, 3.05) is 6.54 Å². The SMILES string of the molecule is CCCCc1ccc(OC(CN)c2ccc(C)s2)cc1. The summed E-state index contributed by atoms with van der Waals surface area (Å²) in [7, 11) is 0. The lowest BCUT2D eigenvalue weighted by atomic mass is 10.1. The van der Waals surface area contributed by atoms with E-state index in [9.17, 15) is 0 Å². The zero-order valence-corrected chi connectivity index (χ0v) is 13.1. The van der Waals surface area contributed by atoms with E-state index in [-0.39, 0.29) is 6.10 Å². The summed E-state index contributed by atoms with van der Waals surface area (Å²) >= 11 is 1.75. The minimum atomic E-state index is -0.0461. The number of ether oxygens (including phenoxy) is 1. The van der Waals surface area contributed by atoms with Gasteiger partial charge in [-0.25, -0.2) is 0 Å². The molecule has 2 N–H and O–H groups in total. The molecule has 0 fully saturated rings. The van der Waals surface area contributed by atoms with Crippen LogP contribution >= 0.6 is 11.3 Å². The van der Waals surface area contributed by atoms with Crippen LogP contribution in [-0.2, 0) is 6.42 Å². The second-order valence-electron chi connectivity index (χ2n) is 5.04. The third-order valence-electron chi connectivity index (χ3n) is 3.31. The lowest BCUT2D eigenvalue weighted by molar-refractivity contribution is 0.218. The largest absolute Gasteiger partial charge is 0.484 e. The van der Waals surface area contributed by atoms with Gasteiger partial charge in [-0.1, -0.05) is 25.5 Å². The molecule has 2 nitrogen and oxygen atoms in total. The quantitative estimate of drug-likeness (QED) is 0.815. The summed E-state index contributed by atoms with van der Waals surface area (Å²) in [5, 5.41) is 0. The molecule has 20 heavy (non-hydrogen) atoms. The summed E-state index contributed by atoms with van der Waals surface area (Å²) < 4.78 is 6.01. The van der Waals surface area contributed by atoms with Crippen molar-refractivity contribution in [2.24, 2.45) is 5.73 Å². The molecule has 1 unspecified atom stereocenters. The zero-order valence-electron chi connectivity index (χ0n) is 12.3. The summed E-state index contributed by atoms with van der Waals surface area (Å²) in [4.78, 5) is 2.48. The molecule has 0 amide bonds. The number of unbranched alkanes of at least 4 members (excludes halogenated alkanes) is 1. The molecule has 1 aromatic carbocycles. The van der Waals surface area contributed by atoms with Crippen molar-refractivity contribution in [2.45, 2.75) is 39.2 Å². The molecule has 1 atom stereocenters. The number of benzene rings is 1. The minimum Gasteiger partial charge on any atom is -0.484 e. The molecule has 2 aromatic rings. The molecule has 1 heterocycles. The summed E-state index contributed by atoms with van der Waals surface area (Å²) in [5.41, 5.74) is 7.21. The molecule has 2 rings (SSSR count). The zero-order chi connectivity index (χ0) is 14.4. The van der Waals surface area contributed by atoms with Crippen LogP contribution in [0.3, 0.4) is 0 Å². The van der Waals surface area contributed by atoms with Crippen LogP contribution in [0.1, 0.15) is 41.2 Å². The van der Waals surface area contributed by atoms with E-state index < -0.39 is 0 Å². The predicted molar refractivity (Wildman–Crippen MR) is 86.5 cm³/mol. The molecule has 0 aliphatic carbocycles. The van der Waals surface area contributed by atoms with Crippen LogP contribution in [0.5, 0.6) is 5.75 Å². The molecule has 0 bridgehead atoms. The molecule has 0 saturated carbocycles. The first-order valence-corrected chi connectivity index (χ1v) is 8.06. The van der Waals surface area contributed by atoms with Crippen molar-refractivity contribution in [3.8, 4) is 5.75 Å². The van der Waals surface area contributed by atoms with E-state index in [2.05, 4.69) is 38.1 Å². The van der Waals surface area contributed by atoms with Gasteiger partial charge in [0, 0.05) is 16.3 Å². The van der Waals surface area contributed by atoms with Crippen molar-refractivity contribution in [1.29, 1.82) is 0 Å². The standard InChI is InChI=1S/C17H23NOS/c1-3-4-5-14-7-9-15(10-8-14)19-16(12-18)17-11-6-13(2)20-17/h6-11,16H,3-5,12,18H2,1-2H3.